The Balaban J connectivity index is 1.71. The Morgan fingerprint density at radius 3 is 2.36 bits per heavy atom. The first-order chi connectivity index (χ1) is 13.6. The van der Waals surface area contributed by atoms with Crippen molar-refractivity contribution >= 4 is 35.0 Å². The lowest BCUT2D eigenvalue weighted by Crippen LogP contribution is -2.00. The van der Waals surface area contributed by atoms with Crippen molar-refractivity contribution in [3.05, 3.63) is 88.4 Å². The Kier molecular flexibility index (Phi) is 5.62. The first kappa shape index (κ1) is 18.9. The number of thioether (sulfide) groups is 1. The predicted molar refractivity (Wildman–Crippen MR) is 111 cm³/mol. The van der Waals surface area contributed by atoms with Gasteiger partial charge in [0.1, 0.15) is 5.82 Å². The molecule has 0 aliphatic heterocycles. The van der Waals surface area contributed by atoms with Gasteiger partial charge in [0, 0.05) is 29.4 Å². The average Bonchev–Trinajstić information content (AvgIpc) is 3.14. The van der Waals surface area contributed by atoms with Crippen molar-refractivity contribution in [2.45, 2.75) is 10.9 Å². The third kappa shape index (κ3) is 4.04. The molecule has 0 aliphatic carbocycles. The second-order valence-corrected chi connectivity index (χ2v) is 7.65. The highest BCUT2D eigenvalue weighted by atomic mass is 35.5. The number of pyridine rings is 1. The van der Waals surface area contributed by atoms with E-state index in [2.05, 4.69) is 15.2 Å². The van der Waals surface area contributed by atoms with Gasteiger partial charge in [-0.3, -0.25) is 9.55 Å². The number of hydrogen-bond donors (Lipinski definition) is 0. The summed E-state index contributed by atoms with van der Waals surface area (Å²) in [4.78, 5) is 4.05. The summed E-state index contributed by atoms with van der Waals surface area (Å²) in [6.45, 7) is 0. The molecule has 140 valence electrons. The van der Waals surface area contributed by atoms with Crippen molar-refractivity contribution in [1.82, 2.24) is 19.7 Å². The molecular formula is C20H13Cl2FN4S. The van der Waals surface area contributed by atoms with Crippen LogP contribution in [0.3, 0.4) is 0 Å². The largest absolute Gasteiger partial charge is 0.270 e. The smallest absolute Gasteiger partial charge is 0.196 e. The Morgan fingerprint density at radius 2 is 1.64 bits per heavy atom. The molecule has 0 saturated carbocycles. The fourth-order valence-corrected chi connectivity index (χ4v) is 3.87. The van der Waals surface area contributed by atoms with E-state index in [1.165, 1.54) is 23.9 Å². The molecule has 0 amide bonds. The predicted octanol–water partition coefficient (Wildman–Crippen LogP) is 6.07. The molecule has 2 aromatic heterocycles. The molecule has 4 nitrogen and oxygen atoms in total. The topological polar surface area (TPSA) is 43.6 Å². The third-order valence-corrected chi connectivity index (χ3v) is 5.75. The van der Waals surface area contributed by atoms with E-state index < -0.39 is 0 Å². The van der Waals surface area contributed by atoms with Crippen molar-refractivity contribution in [2.75, 3.05) is 0 Å². The van der Waals surface area contributed by atoms with Crippen molar-refractivity contribution in [1.29, 1.82) is 0 Å². The summed E-state index contributed by atoms with van der Waals surface area (Å²) in [5, 5.41) is 10.4. The molecule has 0 radical (unpaired) electrons. The van der Waals surface area contributed by atoms with Crippen LogP contribution >= 0.6 is 35.0 Å². The quantitative estimate of drug-likeness (QED) is 0.360. The van der Waals surface area contributed by atoms with Crippen LogP contribution < -0.4 is 0 Å². The standard InChI is InChI=1S/C20H13Cl2FN4S/c21-17-6-1-13(11-18(17)22)12-28-20-26-25-19(14-7-9-24-10-8-14)27(20)16-4-2-15(23)3-5-16/h1-11H,12H2. The molecule has 2 aromatic carbocycles. The van der Waals surface area contributed by atoms with Gasteiger partial charge in [-0.05, 0) is 54.1 Å². The fraction of sp³-hybridized carbons (Fsp3) is 0.0500. The van der Waals surface area contributed by atoms with Crippen molar-refractivity contribution < 1.29 is 4.39 Å². The minimum Gasteiger partial charge on any atom is -0.270 e. The summed E-state index contributed by atoms with van der Waals surface area (Å²) < 4.78 is 15.3. The molecule has 8 heteroatoms. The molecule has 28 heavy (non-hydrogen) atoms. The van der Waals surface area contributed by atoms with E-state index in [1.807, 2.05) is 28.8 Å². The van der Waals surface area contributed by atoms with Gasteiger partial charge in [0.05, 0.1) is 10.0 Å². The number of aromatic nitrogens is 4. The molecule has 0 spiro atoms. The number of benzene rings is 2. The van der Waals surface area contributed by atoms with Crippen LogP contribution in [0.1, 0.15) is 5.56 Å². The van der Waals surface area contributed by atoms with Gasteiger partial charge in [-0.25, -0.2) is 4.39 Å². The number of halogens is 3. The van der Waals surface area contributed by atoms with Crippen molar-refractivity contribution in [3.8, 4) is 17.1 Å². The molecule has 0 atom stereocenters. The maximum absolute atomic E-state index is 13.4. The van der Waals surface area contributed by atoms with Gasteiger partial charge in [-0.15, -0.1) is 10.2 Å². The third-order valence-electron chi connectivity index (χ3n) is 4.01. The van der Waals surface area contributed by atoms with Gasteiger partial charge in [-0.2, -0.15) is 0 Å². The molecule has 0 aliphatic rings. The average molecular weight is 431 g/mol. The van der Waals surface area contributed by atoms with E-state index in [0.29, 0.717) is 26.8 Å². The van der Waals surface area contributed by atoms with Crippen LogP contribution in [0.15, 0.2) is 72.1 Å². The fourth-order valence-electron chi connectivity index (χ4n) is 2.65. The van der Waals surface area contributed by atoms with Crippen LogP contribution in [0.25, 0.3) is 17.1 Å². The molecule has 4 rings (SSSR count). The lowest BCUT2D eigenvalue weighted by molar-refractivity contribution is 0.627. The number of nitrogens with zero attached hydrogens (tertiary/aromatic N) is 4. The summed E-state index contributed by atoms with van der Waals surface area (Å²) in [5.41, 5.74) is 2.65. The van der Waals surface area contributed by atoms with Gasteiger partial charge in [0.15, 0.2) is 11.0 Å². The summed E-state index contributed by atoms with van der Waals surface area (Å²) >= 11 is 13.6. The molecule has 0 N–H and O–H groups in total. The molecule has 0 unspecified atom stereocenters. The van der Waals surface area contributed by atoms with E-state index in [0.717, 1.165) is 16.8 Å². The molecule has 0 fully saturated rings. The Morgan fingerprint density at radius 1 is 0.893 bits per heavy atom. The van der Waals surface area contributed by atoms with Gasteiger partial charge in [0.25, 0.3) is 0 Å². The summed E-state index contributed by atoms with van der Waals surface area (Å²) in [6.07, 6.45) is 3.39. The highest BCUT2D eigenvalue weighted by molar-refractivity contribution is 7.98. The number of hydrogen-bond acceptors (Lipinski definition) is 4. The highest BCUT2D eigenvalue weighted by Gasteiger charge is 2.16. The van der Waals surface area contributed by atoms with E-state index in [4.69, 9.17) is 23.2 Å². The summed E-state index contributed by atoms with van der Waals surface area (Å²) in [5.74, 6) is 0.991. The summed E-state index contributed by atoms with van der Waals surface area (Å²) in [6, 6.07) is 15.5. The lowest BCUT2D eigenvalue weighted by Gasteiger charge is -2.10. The Hall–Kier alpha value is -2.41. The van der Waals surface area contributed by atoms with Crippen LogP contribution in [0, 0.1) is 5.82 Å². The monoisotopic (exact) mass is 430 g/mol. The van der Waals surface area contributed by atoms with E-state index in [-0.39, 0.29) is 5.82 Å². The first-order valence-corrected chi connectivity index (χ1v) is 10.0. The van der Waals surface area contributed by atoms with Crippen molar-refractivity contribution in [3.63, 3.8) is 0 Å². The van der Waals surface area contributed by atoms with Gasteiger partial charge in [0.2, 0.25) is 0 Å². The SMILES string of the molecule is Fc1ccc(-n2c(SCc3ccc(Cl)c(Cl)c3)nnc2-c2ccncc2)cc1. The van der Waals surface area contributed by atoms with E-state index in [1.54, 1.807) is 30.6 Å². The second-order valence-electron chi connectivity index (χ2n) is 5.89. The van der Waals surface area contributed by atoms with Crippen LogP contribution in [0.4, 0.5) is 4.39 Å². The molecule has 4 aromatic rings. The van der Waals surface area contributed by atoms with Gasteiger partial charge in [-0.1, -0.05) is 41.0 Å². The minimum atomic E-state index is -0.299. The normalized spacial score (nSPS) is 11.0. The maximum Gasteiger partial charge on any atom is 0.196 e. The zero-order chi connectivity index (χ0) is 19.5. The van der Waals surface area contributed by atoms with E-state index in [9.17, 15) is 4.39 Å². The van der Waals surface area contributed by atoms with Gasteiger partial charge < -0.3 is 0 Å². The lowest BCUT2D eigenvalue weighted by atomic mass is 10.2. The maximum atomic E-state index is 13.4. The van der Waals surface area contributed by atoms with Crippen LogP contribution in [-0.2, 0) is 5.75 Å². The molecule has 0 bridgehead atoms. The van der Waals surface area contributed by atoms with Gasteiger partial charge >= 0.3 is 0 Å². The highest BCUT2D eigenvalue weighted by Crippen LogP contribution is 2.31. The minimum absolute atomic E-state index is 0.299. The molecule has 0 saturated heterocycles. The Labute approximate surface area is 175 Å². The first-order valence-electron chi connectivity index (χ1n) is 8.30. The van der Waals surface area contributed by atoms with Crippen LogP contribution in [-0.4, -0.2) is 19.7 Å². The number of rotatable bonds is 5. The zero-order valence-corrected chi connectivity index (χ0v) is 16.7. The van der Waals surface area contributed by atoms with Crippen LogP contribution in [0.5, 0.6) is 0 Å². The summed E-state index contributed by atoms with van der Waals surface area (Å²) in [7, 11) is 0. The molecular weight excluding hydrogens is 418 g/mol. The van der Waals surface area contributed by atoms with Crippen molar-refractivity contribution in [2.24, 2.45) is 0 Å². The molecule has 2 heterocycles. The zero-order valence-electron chi connectivity index (χ0n) is 14.4. The second kappa shape index (κ2) is 8.31. The van der Waals surface area contributed by atoms with Crippen LogP contribution in [0.2, 0.25) is 10.0 Å². The van der Waals surface area contributed by atoms with E-state index >= 15 is 0 Å². The Bertz CT molecular complexity index is 1100.